The van der Waals surface area contributed by atoms with Crippen LogP contribution in [0.4, 0.5) is 5.69 Å². The van der Waals surface area contributed by atoms with Gasteiger partial charge < -0.3 is 10.6 Å². The molecule has 1 unspecified atom stereocenters. The van der Waals surface area contributed by atoms with E-state index in [0.29, 0.717) is 0 Å². The lowest BCUT2D eigenvalue weighted by molar-refractivity contribution is -0.136. The van der Waals surface area contributed by atoms with Crippen molar-refractivity contribution in [2.24, 2.45) is 5.14 Å². The third kappa shape index (κ3) is 4.64. The van der Waals surface area contributed by atoms with Crippen molar-refractivity contribution in [2.75, 3.05) is 5.32 Å². The van der Waals surface area contributed by atoms with Crippen molar-refractivity contribution in [3.63, 3.8) is 0 Å². The van der Waals surface area contributed by atoms with Crippen LogP contribution in [0, 0.1) is 0 Å². The number of sulfonamides is 1. The maximum atomic E-state index is 11.9. The third-order valence-corrected chi connectivity index (χ3v) is 4.22. The molecule has 2 aromatic carbocycles. The minimum Gasteiger partial charge on any atom is -0.341 e. The summed E-state index contributed by atoms with van der Waals surface area (Å²) in [6, 6.07) is 14.1. The van der Waals surface area contributed by atoms with E-state index in [1.165, 1.54) is 24.3 Å². The fraction of sp³-hybridized carbons (Fsp3) is 0.125. The first kappa shape index (κ1) is 17.6. The zero-order chi connectivity index (χ0) is 17.7. The van der Waals surface area contributed by atoms with Gasteiger partial charge in [0.1, 0.15) is 0 Å². The van der Waals surface area contributed by atoms with Crippen LogP contribution >= 0.6 is 0 Å². The van der Waals surface area contributed by atoms with Gasteiger partial charge in [-0.15, -0.1) is 0 Å². The van der Waals surface area contributed by atoms with Crippen LogP contribution in [-0.2, 0) is 19.6 Å². The van der Waals surface area contributed by atoms with Crippen LogP contribution in [0.1, 0.15) is 18.5 Å². The summed E-state index contributed by atoms with van der Waals surface area (Å²) in [5, 5.41) is 9.96. The number of anilines is 1. The molecule has 1 atom stereocenters. The Labute approximate surface area is 139 Å². The summed E-state index contributed by atoms with van der Waals surface area (Å²) < 4.78 is 22.3. The number of hydrogen-bond acceptors (Lipinski definition) is 4. The van der Waals surface area contributed by atoms with Crippen LogP contribution in [0.2, 0.25) is 0 Å². The quantitative estimate of drug-likeness (QED) is 0.719. The molecule has 4 N–H and O–H groups in total. The van der Waals surface area contributed by atoms with Crippen LogP contribution in [0.5, 0.6) is 0 Å². The number of nitrogens with one attached hydrogen (secondary N) is 2. The van der Waals surface area contributed by atoms with Gasteiger partial charge >= 0.3 is 11.8 Å². The van der Waals surface area contributed by atoms with E-state index < -0.39 is 21.8 Å². The maximum absolute atomic E-state index is 11.9. The standard InChI is InChI=1S/C16H17N3O4S/c1-11(12-5-3-2-4-6-12)18-15(20)16(21)19-13-7-9-14(10-8-13)24(17,22)23/h2-11H,1H3,(H,18,20)(H,19,21)(H2,17,22,23). The molecule has 2 amide bonds. The summed E-state index contributed by atoms with van der Waals surface area (Å²) in [7, 11) is -3.80. The van der Waals surface area contributed by atoms with E-state index in [2.05, 4.69) is 10.6 Å². The van der Waals surface area contributed by atoms with E-state index in [9.17, 15) is 18.0 Å². The average Bonchev–Trinajstić information content (AvgIpc) is 2.55. The zero-order valence-electron chi connectivity index (χ0n) is 12.9. The molecule has 126 valence electrons. The lowest BCUT2D eigenvalue weighted by atomic mass is 10.1. The molecule has 0 saturated carbocycles. The van der Waals surface area contributed by atoms with Crippen molar-refractivity contribution in [1.82, 2.24) is 5.32 Å². The highest BCUT2D eigenvalue weighted by Gasteiger charge is 2.17. The van der Waals surface area contributed by atoms with Gasteiger partial charge in [0.05, 0.1) is 10.9 Å². The molecule has 0 bridgehead atoms. The predicted octanol–water partition coefficient (Wildman–Crippen LogP) is 1.15. The van der Waals surface area contributed by atoms with E-state index in [1.807, 2.05) is 30.3 Å². The second-order valence-corrected chi connectivity index (χ2v) is 6.69. The Morgan fingerprint density at radius 2 is 1.54 bits per heavy atom. The number of primary sulfonamides is 1. The lowest BCUT2D eigenvalue weighted by Crippen LogP contribution is -2.36. The van der Waals surface area contributed by atoms with Gasteiger partial charge in [-0.3, -0.25) is 9.59 Å². The highest BCUT2D eigenvalue weighted by molar-refractivity contribution is 7.89. The largest absolute Gasteiger partial charge is 0.341 e. The summed E-state index contributed by atoms with van der Waals surface area (Å²) in [6.45, 7) is 1.77. The molecule has 0 heterocycles. The molecule has 2 aromatic rings. The lowest BCUT2D eigenvalue weighted by Gasteiger charge is -2.14. The molecule has 2 rings (SSSR count). The van der Waals surface area contributed by atoms with Gasteiger partial charge in [-0.25, -0.2) is 13.6 Å². The first-order valence-corrected chi connectivity index (χ1v) is 8.61. The molecular formula is C16H17N3O4S. The van der Waals surface area contributed by atoms with E-state index in [0.717, 1.165) is 5.56 Å². The van der Waals surface area contributed by atoms with Crippen LogP contribution < -0.4 is 15.8 Å². The van der Waals surface area contributed by atoms with Gasteiger partial charge in [0.2, 0.25) is 10.0 Å². The topological polar surface area (TPSA) is 118 Å². The molecule has 0 saturated heterocycles. The van der Waals surface area contributed by atoms with Crippen molar-refractivity contribution in [2.45, 2.75) is 17.9 Å². The minimum absolute atomic E-state index is 0.0809. The third-order valence-electron chi connectivity index (χ3n) is 3.29. The number of amides is 2. The molecule has 0 aliphatic carbocycles. The Balaban J connectivity index is 1.98. The molecule has 7 nitrogen and oxygen atoms in total. The van der Waals surface area contributed by atoms with Crippen molar-refractivity contribution in [3.8, 4) is 0 Å². The van der Waals surface area contributed by atoms with Crippen LogP contribution in [0.15, 0.2) is 59.5 Å². The molecule has 0 spiro atoms. The maximum Gasteiger partial charge on any atom is 0.313 e. The minimum atomic E-state index is -3.80. The highest BCUT2D eigenvalue weighted by atomic mass is 32.2. The molecule has 0 aromatic heterocycles. The van der Waals surface area contributed by atoms with Gasteiger partial charge in [-0.05, 0) is 36.8 Å². The highest BCUT2D eigenvalue weighted by Crippen LogP contribution is 2.13. The summed E-state index contributed by atoms with van der Waals surface area (Å²) in [4.78, 5) is 23.7. The van der Waals surface area contributed by atoms with Crippen LogP contribution in [0.3, 0.4) is 0 Å². The van der Waals surface area contributed by atoms with Crippen LogP contribution in [0.25, 0.3) is 0 Å². The summed E-state index contributed by atoms with van der Waals surface area (Å²) >= 11 is 0. The second kappa shape index (κ2) is 7.24. The fourth-order valence-electron chi connectivity index (χ4n) is 2.00. The molecule has 0 aliphatic rings. The van der Waals surface area contributed by atoms with Gasteiger partial charge in [-0.1, -0.05) is 30.3 Å². The second-order valence-electron chi connectivity index (χ2n) is 5.13. The first-order valence-electron chi connectivity index (χ1n) is 7.07. The van der Waals surface area contributed by atoms with Crippen molar-refractivity contribution in [1.29, 1.82) is 0 Å². The van der Waals surface area contributed by atoms with E-state index in [4.69, 9.17) is 5.14 Å². The SMILES string of the molecule is CC(NC(=O)C(=O)Nc1ccc(S(N)(=O)=O)cc1)c1ccccc1. The Hall–Kier alpha value is -2.71. The van der Waals surface area contributed by atoms with E-state index in [1.54, 1.807) is 6.92 Å². The van der Waals surface area contributed by atoms with Crippen LogP contribution in [-0.4, -0.2) is 20.2 Å². The average molecular weight is 347 g/mol. The van der Waals surface area contributed by atoms with Gasteiger partial charge in [0, 0.05) is 5.69 Å². The van der Waals surface area contributed by atoms with Gasteiger partial charge in [0.25, 0.3) is 0 Å². The summed E-state index contributed by atoms with van der Waals surface area (Å²) in [6.07, 6.45) is 0. The molecule has 8 heteroatoms. The molecule has 0 aliphatic heterocycles. The number of hydrogen-bond donors (Lipinski definition) is 3. The number of carbonyl (C=O) groups excluding carboxylic acids is 2. The molecular weight excluding hydrogens is 330 g/mol. The Kier molecular flexibility index (Phi) is 5.32. The number of benzene rings is 2. The fourth-order valence-corrected chi connectivity index (χ4v) is 2.52. The summed E-state index contributed by atoms with van der Waals surface area (Å²) in [5.41, 5.74) is 1.16. The first-order chi connectivity index (χ1) is 11.3. The van der Waals surface area contributed by atoms with Crippen molar-refractivity contribution in [3.05, 3.63) is 60.2 Å². The van der Waals surface area contributed by atoms with Crippen molar-refractivity contribution < 1.29 is 18.0 Å². The Morgan fingerprint density at radius 3 is 2.08 bits per heavy atom. The normalized spacial score (nSPS) is 12.2. The smallest absolute Gasteiger partial charge is 0.313 e. The molecule has 24 heavy (non-hydrogen) atoms. The predicted molar refractivity (Wildman–Crippen MR) is 89.4 cm³/mol. The monoisotopic (exact) mass is 347 g/mol. The van der Waals surface area contributed by atoms with Gasteiger partial charge in [-0.2, -0.15) is 0 Å². The molecule has 0 fully saturated rings. The molecule has 0 radical (unpaired) electrons. The number of nitrogens with two attached hydrogens (primary N) is 1. The van der Waals surface area contributed by atoms with E-state index >= 15 is 0 Å². The Morgan fingerprint density at radius 1 is 0.958 bits per heavy atom. The summed E-state index contributed by atoms with van der Waals surface area (Å²) in [5.74, 6) is -1.64. The number of carbonyl (C=O) groups is 2. The zero-order valence-corrected chi connectivity index (χ0v) is 13.7. The van der Waals surface area contributed by atoms with E-state index in [-0.39, 0.29) is 16.6 Å². The van der Waals surface area contributed by atoms with Crippen molar-refractivity contribution >= 4 is 27.5 Å². The number of rotatable bonds is 4. The Bertz CT molecular complexity index is 833. The van der Waals surface area contributed by atoms with Gasteiger partial charge in [0.15, 0.2) is 0 Å².